The van der Waals surface area contributed by atoms with Crippen molar-refractivity contribution in [3.63, 3.8) is 0 Å². The Balaban J connectivity index is 3.05. The molecule has 4 heteroatoms. The van der Waals surface area contributed by atoms with Crippen LogP contribution in [0.1, 0.15) is 26.5 Å². The SMILES string of the molecule is CC(C)(C)c1nonc1N. The Morgan fingerprint density at radius 3 is 2.10 bits per heavy atom. The number of hydrogen-bond acceptors (Lipinski definition) is 4. The number of nitrogen functional groups attached to an aromatic ring is 1. The molecule has 1 aromatic heterocycles. The van der Waals surface area contributed by atoms with Crippen molar-refractivity contribution in [1.82, 2.24) is 10.3 Å². The molecular formula is C6H11N3O. The van der Waals surface area contributed by atoms with Gasteiger partial charge in [-0.15, -0.1) is 0 Å². The number of hydrogen-bond donors (Lipinski definition) is 1. The molecule has 0 aliphatic carbocycles. The van der Waals surface area contributed by atoms with E-state index in [-0.39, 0.29) is 5.41 Å². The molecule has 0 aliphatic heterocycles. The van der Waals surface area contributed by atoms with E-state index >= 15 is 0 Å². The molecule has 4 nitrogen and oxygen atoms in total. The van der Waals surface area contributed by atoms with Crippen molar-refractivity contribution in [3.05, 3.63) is 5.69 Å². The van der Waals surface area contributed by atoms with Gasteiger partial charge in [-0.1, -0.05) is 25.9 Å². The Morgan fingerprint density at radius 1 is 1.30 bits per heavy atom. The second-order valence-electron chi connectivity index (χ2n) is 3.25. The van der Waals surface area contributed by atoms with Gasteiger partial charge in [-0.25, -0.2) is 4.63 Å². The van der Waals surface area contributed by atoms with Gasteiger partial charge < -0.3 is 5.73 Å². The summed E-state index contributed by atoms with van der Waals surface area (Å²) in [7, 11) is 0. The molecule has 0 fully saturated rings. The van der Waals surface area contributed by atoms with Gasteiger partial charge in [-0.05, 0) is 5.16 Å². The molecule has 0 atom stereocenters. The predicted molar refractivity (Wildman–Crippen MR) is 37.4 cm³/mol. The van der Waals surface area contributed by atoms with E-state index in [0.717, 1.165) is 0 Å². The van der Waals surface area contributed by atoms with Gasteiger partial charge >= 0.3 is 0 Å². The molecular weight excluding hydrogens is 130 g/mol. The van der Waals surface area contributed by atoms with Gasteiger partial charge in [0.1, 0.15) is 5.69 Å². The Kier molecular flexibility index (Phi) is 1.39. The highest BCUT2D eigenvalue weighted by Gasteiger charge is 2.21. The van der Waals surface area contributed by atoms with Crippen LogP contribution < -0.4 is 5.73 Å². The summed E-state index contributed by atoms with van der Waals surface area (Å²) < 4.78 is 4.45. The van der Waals surface area contributed by atoms with Gasteiger partial charge in [0.15, 0.2) is 5.82 Å². The fourth-order valence-electron chi connectivity index (χ4n) is 0.716. The smallest absolute Gasteiger partial charge is 0.192 e. The van der Waals surface area contributed by atoms with E-state index < -0.39 is 0 Å². The molecule has 0 unspecified atom stereocenters. The van der Waals surface area contributed by atoms with Crippen LogP contribution in [0.5, 0.6) is 0 Å². The minimum absolute atomic E-state index is 0.0793. The van der Waals surface area contributed by atoms with Crippen molar-refractivity contribution in [3.8, 4) is 0 Å². The number of aromatic nitrogens is 2. The first-order valence-electron chi connectivity index (χ1n) is 3.10. The fourth-order valence-corrected chi connectivity index (χ4v) is 0.716. The zero-order chi connectivity index (χ0) is 7.78. The third kappa shape index (κ3) is 1.10. The van der Waals surface area contributed by atoms with Gasteiger partial charge in [0, 0.05) is 5.41 Å². The molecule has 0 amide bonds. The molecule has 0 aromatic carbocycles. The summed E-state index contributed by atoms with van der Waals surface area (Å²) >= 11 is 0. The van der Waals surface area contributed by atoms with E-state index in [9.17, 15) is 0 Å². The van der Waals surface area contributed by atoms with Gasteiger partial charge in [0.05, 0.1) is 0 Å². The predicted octanol–water partition coefficient (Wildman–Crippen LogP) is 0.949. The maximum Gasteiger partial charge on any atom is 0.192 e. The molecule has 0 saturated heterocycles. The molecule has 1 heterocycles. The summed E-state index contributed by atoms with van der Waals surface area (Å²) in [6.07, 6.45) is 0. The van der Waals surface area contributed by atoms with Crippen LogP contribution >= 0.6 is 0 Å². The van der Waals surface area contributed by atoms with Crippen molar-refractivity contribution >= 4 is 5.82 Å². The maximum absolute atomic E-state index is 5.46. The van der Waals surface area contributed by atoms with Crippen molar-refractivity contribution in [2.24, 2.45) is 0 Å². The second-order valence-corrected chi connectivity index (χ2v) is 3.25. The lowest BCUT2D eigenvalue weighted by Gasteiger charge is -2.12. The van der Waals surface area contributed by atoms with Gasteiger partial charge in [-0.2, -0.15) is 0 Å². The summed E-state index contributed by atoms with van der Waals surface area (Å²) in [6.45, 7) is 6.01. The molecule has 1 rings (SSSR count). The number of rotatable bonds is 0. The maximum atomic E-state index is 5.46. The average molecular weight is 141 g/mol. The Morgan fingerprint density at radius 2 is 1.90 bits per heavy atom. The molecule has 56 valence electrons. The summed E-state index contributed by atoms with van der Waals surface area (Å²) in [6, 6.07) is 0. The van der Waals surface area contributed by atoms with Crippen molar-refractivity contribution < 1.29 is 4.63 Å². The number of nitrogens with zero attached hydrogens (tertiary/aromatic N) is 2. The van der Waals surface area contributed by atoms with Gasteiger partial charge in [0.2, 0.25) is 0 Å². The fraction of sp³-hybridized carbons (Fsp3) is 0.667. The first-order valence-corrected chi connectivity index (χ1v) is 3.10. The molecule has 0 spiro atoms. The minimum Gasteiger partial charge on any atom is -0.379 e. The van der Waals surface area contributed by atoms with Crippen molar-refractivity contribution in [1.29, 1.82) is 0 Å². The van der Waals surface area contributed by atoms with Gasteiger partial charge in [-0.3, -0.25) is 0 Å². The Bertz CT molecular complexity index is 223. The topological polar surface area (TPSA) is 64.9 Å². The van der Waals surface area contributed by atoms with Crippen LogP contribution in [0.15, 0.2) is 4.63 Å². The monoisotopic (exact) mass is 141 g/mol. The lowest BCUT2D eigenvalue weighted by Crippen LogP contribution is -2.13. The zero-order valence-corrected chi connectivity index (χ0v) is 6.38. The van der Waals surface area contributed by atoms with E-state index in [1.165, 1.54) is 0 Å². The zero-order valence-electron chi connectivity index (χ0n) is 6.38. The Hall–Kier alpha value is -1.06. The van der Waals surface area contributed by atoms with Crippen LogP contribution in [-0.4, -0.2) is 10.3 Å². The molecule has 1 aromatic rings. The lowest BCUT2D eigenvalue weighted by atomic mass is 9.92. The normalized spacial score (nSPS) is 11.9. The molecule has 2 N–H and O–H groups in total. The molecule has 0 saturated carbocycles. The van der Waals surface area contributed by atoms with E-state index in [2.05, 4.69) is 14.9 Å². The highest BCUT2D eigenvalue weighted by atomic mass is 16.6. The first-order chi connectivity index (χ1) is 4.52. The van der Waals surface area contributed by atoms with Crippen LogP contribution in [0.2, 0.25) is 0 Å². The Labute approximate surface area is 59.4 Å². The summed E-state index contributed by atoms with van der Waals surface area (Å²) in [5.74, 6) is 0.382. The van der Waals surface area contributed by atoms with Gasteiger partial charge in [0.25, 0.3) is 0 Å². The minimum atomic E-state index is -0.0793. The van der Waals surface area contributed by atoms with Crippen LogP contribution in [0, 0.1) is 0 Å². The van der Waals surface area contributed by atoms with Crippen molar-refractivity contribution in [2.45, 2.75) is 26.2 Å². The number of nitrogens with two attached hydrogens (primary N) is 1. The second kappa shape index (κ2) is 1.97. The summed E-state index contributed by atoms with van der Waals surface area (Å²) in [5, 5.41) is 7.15. The largest absolute Gasteiger partial charge is 0.379 e. The first kappa shape index (κ1) is 7.05. The highest BCUT2D eigenvalue weighted by Crippen LogP contribution is 2.23. The van der Waals surface area contributed by atoms with Crippen LogP contribution in [0.25, 0.3) is 0 Å². The highest BCUT2D eigenvalue weighted by molar-refractivity contribution is 5.35. The standard InChI is InChI=1S/C6H11N3O/c1-6(2,3)4-5(7)9-10-8-4/h1-3H3,(H2,7,9). The number of anilines is 1. The molecule has 10 heavy (non-hydrogen) atoms. The quantitative estimate of drug-likeness (QED) is 0.584. The van der Waals surface area contributed by atoms with Crippen LogP contribution in [-0.2, 0) is 5.41 Å². The van der Waals surface area contributed by atoms with E-state index in [1.807, 2.05) is 20.8 Å². The third-order valence-electron chi connectivity index (χ3n) is 1.22. The average Bonchev–Trinajstić information content (AvgIpc) is 2.11. The summed E-state index contributed by atoms with van der Waals surface area (Å²) in [5.41, 5.74) is 6.10. The third-order valence-corrected chi connectivity index (χ3v) is 1.22. The molecule has 0 bridgehead atoms. The van der Waals surface area contributed by atoms with Crippen molar-refractivity contribution in [2.75, 3.05) is 5.73 Å². The molecule has 0 aliphatic rings. The van der Waals surface area contributed by atoms with Crippen LogP contribution in [0.4, 0.5) is 5.82 Å². The molecule has 0 radical (unpaired) electrons. The van der Waals surface area contributed by atoms with E-state index in [4.69, 9.17) is 5.73 Å². The lowest BCUT2D eigenvalue weighted by molar-refractivity contribution is 0.298. The van der Waals surface area contributed by atoms with E-state index in [1.54, 1.807) is 0 Å². The van der Waals surface area contributed by atoms with Crippen LogP contribution in [0.3, 0.4) is 0 Å². The summed E-state index contributed by atoms with van der Waals surface area (Å²) in [4.78, 5) is 0. The van der Waals surface area contributed by atoms with E-state index in [0.29, 0.717) is 11.5 Å².